The maximum Gasteiger partial charge on any atom is 0.242 e. The monoisotopic (exact) mass is 316 g/mol. The Morgan fingerprint density at radius 1 is 1.41 bits per heavy atom. The van der Waals surface area contributed by atoms with E-state index in [0.29, 0.717) is 10.9 Å². The molecule has 1 aromatic rings. The van der Waals surface area contributed by atoms with Crippen LogP contribution < -0.4 is 0 Å². The molecule has 1 unspecified atom stereocenters. The summed E-state index contributed by atoms with van der Waals surface area (Å²) in [5, 5.41) is 9.43. The van der Waals surface area contributed by atoms with Crippen molar-refractivity contribution >= 4 is 26.0 Å². The Balaban J connectivity index is 3.42. The summed E-state index contributed by atoms with van der Waals surface area (Å²) in [4.78, 5) is 0.191. The quantitative estimate of drug-likeness (QED) is 0.797. The first-order valence-corrected chi connectivity index (χ1v) is 7.48. The van der Waals surface area contributed by atoms with Crippen molar-refractivity contribution in [3.8, 4) is 6.07 Å². The number of benzene rings is 1. The molecule has 4 nitrogen and oxygen atoms in total. The second kappa shape index (κ2) is 5.63. The smallest absolute Gasteiger partial charge is 0.207 e. The van der Waals surface area contributed by atoms with Crippen molar-refractivity contribution in [3.05, 3.63) is 29.8 Å². The van der Waals surface area contributed by atoms with E-state index < -0.39 is 15.9 Å². The van der Waals surface area contributed by atoms with Crippen molar-refractivity contribution in [1.82, 2.24) is 4.31 Å². The van der Waals surface area contributed by atoms with Gasteiger partial charge in [-0.2, -0.15) is 5.26 Å². The zero-order chi connectivity index (χ0) is 13.1. The number of hydrogen-bond donors (Lipinski definition) is 0. The Bertz CT molecular complexity index is 535. The normalized spacial score (nSPS) is 13.4. The number of nitriles is 1. The predicted octanol–water partition coefficient (Wildman–Crippen LogP) is 1.94. The highest BCUT2D eigenvalue weighted by Gasteiger charge is 2.24. The first-order chi connectivity index (χ1) is 7.95. The molecule has 0 saturated heterocycles. The van der Waals surface area contributed by atoms with Crippen LogP contribution in [0.3, 0.4) is 0 Å². The summed E-state index contributed by atoms with van der Waals surface area (Å²) in [6.45, 7) is 0. The lowest BCUT2D eigenvalue weighted by molar-refractivity contribution is 0.519. The maximum atomic E-state index is 12.1. The van der Waals surface area contributed by atoms with Gasteiger partial charge in [-0.3, -0.25) is 0 Å². The van der Waals surface area contributed by atoms with Crippen LogP contribution in [0.25, 0.3) is 0 Å². The molecular formula is C11H13BrN2O2S. The van der Waals surface area contributed by atoms with Crippen molar-refractivity contribution in [3.63, 3.8) is 0 Å². The maximum absolute atomic E-state index is 12.1. The third-order valence-corrected chi connectivity index (χ3v) is 4.90. The first-order valence-electron chi connectivity index (χ1n) is 4.92. The summed E-state index contributed by atoms with van der Waals surface area (Å²) in [6, 6.07) is 8.68. The molecule has 0 amide bonds. The highest BCUT2D eigenvalue weighted by molar-refractivity contribution is 9.09. The van der Waals surface area contributed by atoms with Gasteiger partial charge in [0, 0.05) is 19.4 Å². The molecule has 0 saturated carbocycles. The molecule has 17 heavy (non-hydrogen) atoms. The van der Waals surface area contributed by atoms with Crippen LogP contribution in [0.5, 0.6) is 0 Å². The zero-order valence-corrected chi connectivity index (χ0v) is 12.0. The largest absolute Gasteiger partial charge is 0.242 e. The topological polar surface area (TPSA) is 61.2 Å². The summed E-state index contributed by atoms with van der Waals surface area (Å²) in [7, 11) is -0.564. The van der Waals surface area contributed by atoms with E-state index in [1.54, 1.807) is 18.2 Å². The van der Waals surface area contributed by atoms with Gasteiger partial charge in [0.2, 0.25) is 10.0 Å². The number of halogens is 1. The number of sulfonamides is 1. The molecule has 92 valence electrons. The van der Waals surface area contributed by atoms with Gasteiger partial charge in [0.05, 0.1) is 16.9 Å². The van der Waals surface area contributed by atoms with Crippen LogP contribution in [0, 0.1) is 11.3 Å². The predicted molar refractivity (Wildman–Crippen MR) is 69.5 cm³/mol. The van der Waals surface area contributed by atoms with Gasteiger partial charge < -0.3 is 0 Å². The van der Waals surface area contributed by atoms with Crippen LogP contribution in [0.1, 0.15) is 11.5 Å². The van der Waals surface area contributed by atoms with Gasteiger partial charge in [-0.25, -0.2) is 12.7 Å². The van der Waals surface area contributed by atoms with Crippen molar-refractivity contribution < 1.29 is 8.42 Å². The number of alkyl halides is 1. The Kier molecular flexibility index (Phi) is 4.69. The minimum absolute atomic E-state index is 0.191. The molecule has 0 fully saturated rings. The SMILES string of the molecule is CN(C)S(=O)(=O)c1ccccc1C(C#N)CBr. The number of hydrogen-bond acceptors (Lipinski definition) is 3. The van der Waals surface area contributed by atoms with E-state index in [2.05, 4.69) is 22.0 Å². The minimum Gasteiger partial charge on any atom is -0.207 e. The summed E-state index contributed by atoms with van der Waals surface area (Å²) in [6.07, 6.45) is 0. The average Bonchev–Trinajstić information content (AvgIpc) is 2.31. The lowest BCUT2D eigenvalue weighted by atomic mass is 10.0. The first kappa shape index (κ1) is 14.2. The zero-order valence-electron chi connectivity index (χ0n) is 9.59. The molecule has 0 spiro atoms. The molecule has 0 aliphatic rings. The fourth-order valence-corrected chi connectivity index (χ4v) is 3.03. The Morgan fingerprint density at radius 2 is 2.00 bits per heavy atom. The second-order valence-corrected chi connectivity index (χ2v) is 6.43. The van der Waals surface area contributed by atoms with Crippen LogP contribution >= 0.6 is 15.9 Å². The van der Waals surface area contributed by atoms with Crippen molar-refractivity contribution in [2.45, 2.75) is 10.8 Å². The second-order valence-electron chi connectivity index (χ2n) is 3.66. The van der Waals surface area contributed by atoms with E-state index in [9.17, 15) is 8.42 Å². The summed E-state index contributed by atoms with van der Waals surface area (Å²) < 4.78 is 25.3. The van der Waals surface area contributed by atoms with Crippen molar-refractivity contribution in [1.29, 1.82) is 5.26 Å². The van der Waals surface area contributed by atoms with Crippen LogP contribution in [-0.4, -0.2) is 32.1 Å². The van der Waals surface area contributed by atoms with Gasteiger partial charge in [-0.1, -0.05) is 34.1 Å². The summed E-state index contributed by atoms with van der Waals surface area (Å²) in [5.74, 6) is -0.471. The third kappa shape index (κ3) is 2.86. The van der Waals surface area contributed by atoms with E-state index in [4.69, 9.17) is 5.26 Å². The van der Waals surface area contributed by atoms with Crippen LogP contribution in [0.2, 0.25) is 0 Å². The van der Waals surface area contributed by atoms with Gasteiger partial charge >= 0.3 is 0 Å². The Labute approximate surface area is 110 Å². The van der Waals surface area contributed by atoms with Crippen LogP contribution in [-0.2, 0) is 10.0 Å². The molecule has 0 radical (unpaired) electrons. The van der Waals surface area contributed by atoms with Crippen LogP contribution in [0.15, 0.2) is 29.2 Å². The van der Waals surface area contributed by atoms with E-state index >= 15 is 0 Å². The van der Waals surface area contributed by atoms with E-state index in [1.165, 1.54) is 20.2 Å². The summed E-state index contributed by atoms with van der Waals surface area (Å²) >= 11 is 3.22. The van der Waals surface area contributed by atoms with Gasteiger partial charge in [0.25, 0.3) is 0 Å². The molecule has 1 rings (SSSR count). The molecule has 0 aromatic heterocycles. The van der Waals surface area contributed by atoms with Gasteiger partial charge in [-0.05, 0) is 11.6 Å². The molecule has 1 aromatic carbocycles. The summed E-state index contributed by atoms with van der Waals surface area (Å²) in [5.41, 5.74) is 0.528. The Hall–Kier alpha value is -0.900. The molecule has 0 aliphatic carbocycles. The average molecular weight is 317 g/mol. The van der Waals surface area contributed by atoms with E-state index in [0.717, 1.165) is 4.31 Å². The molecule has 0 N–H and O–H groups in total. The highest BCUT2D eigenvalue weighted by Crippen LogP contribution is 2.26. The number of rotatable bonds is 4. The molecule has 0 heterocycles. The molecule has 6 heteroatoms. The Morgan fingerprint density at radius 3 is 2.47 bits per heavy atom. The van der Waals surface area contributed by atoms with Gasteiger partial charge in [0.15, 0.2) is 0 Å². The molecule has 1 atom stereocenters. The lowest BCUT2D eigenvalue weighted by Crippen LogP contribution is -2.24. The van der Waals surface area contributed by atoms with E-state index in [-0.39, 0.29) is 4.90 Å². The fourth-order valence-electron chi connectivity index (χ4n) is 1.39. The van der Waals surface area contributed by atoms with E-state index in [1.807, 2.05) is 0 Å². The minimum atomic E-state index is -3.51. The molecule has 0 bridgehead atoms. The number of nitrogens with zero attached hydrogens (tertiary/aromatic N) is 2. The van der Waals surface area contributed by atoms with Crippen molar-refractivity contribution in [2.75, 3.05) is 19.4 Å². The standard InChI is InChI=1S/C11H13BrN2O2S/c1-14(2)17(15,16)11-6-4-3-5-10(11)9(7-12)8-13/h3-6,9H,7H2,1-2H3. The fraction of sp³-hybridized carbons (Fsp3) is 0.364. The molecule has 0 aliphatic heterocycles. The van der Waals surface area contributed by atoms with Crippen molar-refractivity contribution in [2.24, 2.45) is 0 Å². The molecular weight excluding hydrogens is 304 g/mol. The van der Waals surface area contributed by atoms with Gasteiger partial charge in [-0.15, -0.1) is 0 Å². The third-order valence-electron chi connectivity index (χ3n) is 2.36. The highest BCUT2D eigenvalue weighted by atomic mass is 79.9. The van der Waals surface area contributed by atoms with Crippen LogP contribution in [0.4, 0.5) is 0 Å². The lowest BCUT2D eigenvalue weighted by Gasteiger charge is -2.16. The van der Waals surface area contributed by atoms with Gasteiger partial charge in [0.1, 0.15) is 0 Å².